The number of rotatable bonds is 6. The number of nitrogens with one attached hydrogen (secondary N) is 1. The van der Waals surface area contributed by atoms with E-state index in [-0.39, 0.29) is 17.2 Å². The normalized spacial score (nSPS) is 11.6. The molecule has 11 heteroatoms. The van der Waals surface area contributed by atoms with Gasteiger partial charge in [0, 0.05) is 26.5 Å². The van der Waals surface area contributed by atoms with Gasteiger partial charge in [0.15, 0.2) is 0 Å². The third-order valence-corrected chi connectivity index (χ3v) is 7.26. The number of hydrogen-bond donors (Lipinski definition) is 3. The highest BCUT2D eigenvalue weighted by molar-refractivity contribution is 9.10. The van der Waals surface area contributed by atoms with Gasteiger partial charge in [-0.05, 0) is 60.0 Å². The second kappa shape index (κ2) is 9.43. The molecule has 1 aromatic heterocycles. The maximum absolute atomic E-state index is 12.8. The van der Waals surface area contributed by atoms with E-state index in [9.17, 15) is 18.0 Å². The Morgan fingerprint density at radius 1 is 0.946 bits per heavy atom. The standard InChI is InChI=1S/C26H20BrN5O4S/c27-17-3-1-2-16(12-17)26(34)30-18-6-4-15-5-11-21-23(14-24(28)33)31-32(25(21)22(15)13-18)19-7-9-20(10-8-19)37(29,35)36/h1-13H,14H2,(H2,28,33)(H,30,34)(H2,29,35,36). The van der Waals surface area contributed by atoms with Crippen LogP contribution in [0.25, 0.3) is 27.4 Å². The lowest BCUT2D eigenvalue weighted by molar-refractivity contribution is -0.117. The number of nitrogens with two attached hydrogens (primary N) is 2. The number of halogens is 1. The molecule has 0 atom stereocenters. The van der Waals surface area contributed by atoms with Crippen LogP contribution in [0.3, 0.4) is 0 Å². The highest BCUT2D eigenvalue weighted by Crippen LogP contribution is 2.32. The maximum Gasteiger partial charge on any atom is 0.255 e. The second-order valence-corrected chi connectivity index (χ2v) is 10.9. The van der Waals surface area contributed by atoms with Crippen molar-refractivity contribution in [3.05, 3.63) is 94.6 Å². The molecule has 0 radical (unpaired) electrons. The van der Waals surface area contributed by atoms with Crippen LogP contribution in [0.2, 0.25) is 0 Å². The van der Waals surface area contributed by atoms with Crippen molar-refractivity contribution < 1.29 is 18.0 Å². The molecule has 0 unspecified atom stereocenters. The Balaban J connectivity index is 1.67. The molecule has 9 nitrogen and oxygen atoms in total. The largest absolute Gasteiger partial charge is 0.369 e. The van der Waals surface area contributed by atoms with Crippen LogP contribution in [0.15, 0.2) is 88.2 Å². The molecular formula is C26H20BrN5O4S. The number of fused-ring (bicyclic) bond motifs is 3. The number of primary sulfonamides is 1. The average Bonchev–Trinajstić information content (AvgIpc) is 3.21. The Labute approximate surface area is 220 Å². The summed E-state index contributed by atoms with van der Waals surface area (Å²) in [7, 11) is -3.87. The molecule has 5 rings (SSSR count). The second-order valence-electron chi connectivity index (χ2n) is 8.40. The molecule has 1 heterocycles. The fourth-order valence-electron chi connectivity index (χ4n) is 4.16. The van der Waals surface area contributed by atoms with Crippen molar-refractivity contribution in [2.24, 2.45) is 10.9 Å². The number of primary amides is 1. The highest BCUT2D eigenvalue weighted by Gasteiger charge is 2.18. The summed E-state index contributed by atoms with van der Waals surface area (Å²) in [5.74, 6) is -0.805. The molecule has 0 fully saturated rings. The van der Waals surface area contributed by atoms with E-state index in [2.05, 4.69) is 26.3 Å². The smallest absolute Gasteiger partial charge is 0.255 e. The van der Waals surface area contributed by atoms with Crippen molar-refractivity contribution >= 4 is 65.1 Å². The van der Waals surface area contributed by atoms with Crippen LogP contribution in [0.5, 0.6) is 0 Å². The van der Waals surface area contributed by atoms with Crippen molar-refractivity contribution in [2.75, 3.05) is 5.32 Å². The Hall–Kier alpha value is -4.06. The van der Waals surface area contributed by atoms with Crippen LogP contribution < -0.4 is 16.2 Å². The fraction of sp³-hybridized carbons (Fsp3) is 0.0385. The van der Waals surface area contributed by atoms with Gasteiger partial charge in [0.05, 0.1) is 28.2 Å². The summed E-state index contributed by atoms with van der Waals surface area (Å²) < 4.78 is 25.8. The van der Waals surface area contributed by atoms with Crippen LogP contribution >= 0.6 is 15.9 Å². The molecule has 0 spiro atoms. The topological polar surface area (TPSA) is 150 Å². The quantitative estimate of drug-likeness (QED) is 0.280. The number of amides is 2. The zero-order valence-corrected chi connectivity index (χ0v) is 21.6. The molecule has 5 aromatic rings. The molecule has 0 bridgehead atoms. The van der Waals surface area contributed by atoms with Gasteiger partial charge in [-0.3, -0.25) is 9.59 Å². The van der Waals surface area contributed by atoms with Crippen molar-refractivity contribution in [3.8, 4) is 5.69 Å². The summed E-state index contributed by atoms with van der Waals surface area (Å²) in [4.78, 5) is 24.6. The van der Waals surface area contributed by atoms with Gasteiger partial charge < -0.3 is 11.1 Å². The van der Waals surface area contributed by atoms with Crippen molar-refractivity contribution in [1.29, 1.82) is 0 Å². The van der Waals surface area contributed by atoms with Crippen LogP contribution in [0.4, 0.5) is 5.69 Å². The van der Waals surface area contributed by atoms with E-state index in [1.807, 2.05) is 30.3 Å². The van der Waals surface area contributed by atoms with Gasteiger partial charge in [0.25, 0.3) is 5.91 Å². The Kier molecular flexibility index (Phi) is 6.28. The number of sulfonamides is 1. The first-order valence-corrected chi connectivity index (χ1v) is 13.4. The molecule has 0 saturated heterocycles. The van der Waals surface area contributed by atoms with Gasteiger partial charge in [-0.25, -0.2) is 18.2 Å². The fourth-order valence-corrected chi connectivity index (χ4v) is 5.07. The van der Waals surface area contributed by atoms with Gasteiger partial charge in [0.1, 0.15) is 0 Å². The van der Waals surface area contributed by atoms with E-state index >= 15 is 0 Å². The summed E-state index contributed by atoms with van der Waals surface area (Å²) in [5.41, 5.74) is 8.25. The maximum atomic E-state index is 12.8. The first kappa shape index (κ1) is 24.6. The van der Waals surface area contributed by atoms with Crippen LogP contribution in [-0.4, -0.2) is 30.0 Å². The van der Waals surface area contributed by atoms with Crippen molar-refractivity contribution in [1.82, 2.24) is 9.78 Å². The summed E-state index contributed by atoms with van der Waals surface area (Å²) in [6.45, 7) is 0. The van der Waals surface area contributed by atoms with Crippen molar-refractivity contribution in [3.63, 3.8) is 0 Å². The van der Waals surface area contributed by atoms with Gasteiger partial charge in [-0.15, -0.1) is 0 Å². The molecule has 5 N–H and O–H groups in total. The first-order valence-electron chi connectivity index (χ1n) is 11.0. The molecule has 0 aliphatic rings. The van der Waals surface area contributed by atoms with Gasteiger partial charge >= 0.3 is 0 Å². The third kappa shape index (κ3) is 4.96. The number of nitrogens with zero attached hydrogens (tertiary/aromatic N) is 2. The van der Waals surface area contributed by atoms with E-state index in [0.29, 0.717) is 33.5 Å². The summed E-state index contributed by atoms with van der Waals surface area (Å²) in [6, 6.07) is 22.3. The zero-order valence-electron chi connectivity index (χ0n) is 19.2. The van der Waals surface area contributed by atoms with Gasteiger partial charge in [0.2, 0.25) is 15.9 Å². The number of carbonyl (C=O) groups is 2. The first-order chi connectivity index (χ1) is 17.6. The predicted octanol–water partition coefficient (Wildman–Crippen LogP) is 3.87. The molecule has 186 valence electrons. The minimum absolute atomic E-state index is 0.0347. The van der Waals surface area contributed by atoms with Crippen LogP contribution in [0, 0.1) is 0 Å². The lowest BCUT2D eigenvalue weighted by Gasteiger charge is -2.10. The lowest BCUT2D eigenvalue weighted by atomic mass is 10.0. The van der Waals surface area contributed by atoms with E-state index in [0.717, 1.165) is 15.2 Å². The highest BCUT2D eigenvalue weighted by atomic mass is 79.9. The van der Waals surface area contributed by atoms with E-state index in [1.54, 1.807) is 41.1 Å². The third-order valence-electron chi connectivity index (χ3n) is 5.83. The minimum atomic E-state index is -3.87. The molecule has 4 aromatic carbocycles. The molecule has 0 aliphatic heterocycles. The minimum Gasteiger partial charge on any atom is -0.369 e. The van der Waals surface area contributed by atoms with Crippen molar-refractivity contribution in [2.45, 2.75) is 11.3 Å². The van der Waals surface area contributed by atoms with Gasteiger partial charge in [-0.1, -0.05) is 40.2 Å². The lowest BCUT2D eigenvalue weighted by Crippen LogP contribution is -2.14. The SMILES string of the molecule is NC(=O)Cc1nn(-c2ccc(S(N)(=O)=O)cc2)c2c1ccc1ccc(NC(=O)c3cccc(Br)c3)cc12. The summed E-state index contributed by atoms with van der Waals surface area (Å²) >= 11 is 3.38. The number of aromatic nitrogens is 2. The van der Waals surface area contributed by atoms with E-state index < -0.39 is 15.9 Å². The zero-order chi connectivity index (χ0) is 26.3. The Morgan fingerprint density at radius 2 is 1.68 bits per heavy atom. The molecule has 0 saturated carbocycles. The summed E-state index contributed by atoms with van der Waals surface area (Å²) in [5, 5.41) is 15.1. The number of hydrogen-bond acceptors (Lipinski definition) is 5. The number of anilines is 1. The monoisotopic (exact) mass is 577 g/mol. The van der Waals surface area contributed by atoms with E-state index in [1.165, 1.54) is 12.1 Å². The molecule has 2 amide bonds. The van der Waals surface area contributed by atoms with E-state index in [4.69, 9.17) is 10.9 Å². The predicted molar refractivity (Wildman–Crippen MR) is 145 cm³/mol. The Morgan fingerprint density at radius 3 is 2.35 bits per heavy atom. The average molecular weight is 578 g/mol. The number of benzene rings is 4. The molecule has 0 aliphatic carbocycles. The summed E-state index contributed by atoms with van der Waals surface area (Å²) in [6.07, 6.45) is -0.0798. The van der Waals surface area contributed by atoms with Crippen LogP contribution in [0.1, 0.15) is 16.1 Å². The molecular weight excluding hydrogens is 558 g/mol. The van der Waals surface area contributed by atoms with Gasteiger partial charge in [-0.2, -0.15) is 5.10 Å². The molecule has 37 heavy (non-hydrogen) atoms. The Bertz CT molecular complexity index is 1810. The number of carbonyl (C=O) groups excluding carboxylic acids is 2. The van der Waals surface area contributed by atoms with Crippen LogP contribution in [-0.2, 0) is 21.2 Å².